The van der Waals surface area contributed by atoms with Crippen molar-refractivity contribution in [1.29, 1.82) is 0 Å². The lowest BCUT2D eigenvalue weighted by Crippen LogP contribution is -2.38. The third-order valence-electron chi connectivity index (χ3n) is 2.28. The first-order chi connectivity index (χ1) is 8.95. The molecule has 0 heterocycles. The Morgan fingerprint density at radius 2 is 2.16 bits per heavy atom. The smallest absolute Gasteiger partial charge is 0.337 e. The highest BCUT2D eigenvalue weighted by Gasteiger charge is 2.17. The third kappa shape index (κ3) is 4.44. The van der Waals surface area contributed by atoms with Crippen LogP contribution in [0.15, 0.2) is 18.2 Å². The Hall–Kier alpha value is -1.76. The van der Waals surface area contributed by atoms with Crippen LogP contribution in [0.25, 0.3) is 0 Å². The van der Waals surface area contributed by atoms with Crippen molar-refractivity contribution >= 4 is 29.4 Å². The number of rotatable bonds is 5. The van der Waals surface area contributed by atoms with Crippen LogP contribution in [0.5, 0.6) is 0 Å². The zero-order valence-electron chi connectivity index (χ0n) is 10.6. The molecule has 1 aromatic carbocycles. The summed E-state index contributed by atoms with van der Waals surface area (Å²) in [5, 5.41) is 13.8. The Balaban J connectivity index is 2.82. The minimum atomic E-state index is -1.30. The third-order valence-corrected chi connectivity index (χ3v) is 3.11. The maximum atomic E-state index is 13.5. The van der Waals surface area contributed by atoms with Gasteiger partial charge in [-0.25, -0.2) is 14.0 Å². The summed E-state index contributed by atoms with van der Waals surface area (Å²) in [6.07, 6.45) is 1.90. The van der Waals surface area contributed by atoms with Crippen molar-refractivity contribution in [2.45, 2.75) is 13.0 Å². The Kier molecular flexibility index (Phi) is 5.62. The SMILES string of the molecule is CSCC(C)NC(=O)Nc1c(F)cccc1C(=O)O. The lowest BCUT2D eigenvalue weighted by molar-refractivity contribution is 0.0697. The molecule has 2 amide bonds. The molecule has 0 fully saturated rings. The molecule has 1 unspecified atom stereocenters. The minimum Gasteiger partial charge on any atom is -0.478 e. The first-order valence-corrected chi connectivity index (χ1v) is 6.93. The number of carboxylic acids is 1. The van der Waals surface area contributed by atoms with E-state index in [1.807, 2.05) is 6.26 Å². The minimum absolute atomic E-state index is 0.102. The van der Waals surface area contributed by atoms with E-state index in [2.05, 4.69) is 10.6 Å². The molecule has 0 bridgehead atoms. The van der Waals surface area contributed by atoms with Gasteiger partial charge in [0.15, 0.2) is 0 Å². The standard InChI is InChI=1S/C12H15FN2O3S/c1-7(6-19-2)14-12(18)15-10-8(11(16)17)4-3-5-9(10)13/h3-5,7H,6H2,1-2H3,(H,16,17)(H2,14,15,18). The van der Waals surface area contributed by atoms with Gasteiger partial charge in [0.05, 0.1) is 11.3 Å². The summed E-state index contributed by atoms with van der Waals surface area (Å²) >= 11 is 1.56. The lowest BCUT2D eigenvalue weighted by Gasteiger charge is -2.14. The molecular weight excluding hydrogens is 271 g/mol. The van der Waals surface area contributed by atoms with Crippen LogP contribution >= 0.6 is 11.8 Å². The number of carbonyl (C=O) groups is 2. The van der Waals surface area contributed by atoms with Gasteiger partial charge in [0.2, 0.25) is 0 Å². The van der Waals surface area contributed by atoms with Gasteiger partial charge >= 0.3 is 12.0 Å². The summed E-state index contributed by atoms with van der Waals surface area (Å²) in [6.45, 7) is 1.80. The molecule has 7 heteroatoms. The second kappa shape index (κ2) is 6.98. The van der Waals surface area contributed by atoms with Crippen molar-refractivity contribution in [3.8, 4) is 0 Å². The topological polar surface area (TPSA) is 78.4 Å². The van der Waals surface area contributed by atoms with Crippen LogP contribution in [0.2, 0.25) is 0 Å². The second-order valence-corrected chi connectivity index (χ2v) is 4.83. The van der Waals surface area contributed by atoms with Gasteiger partial charge in [-0.05, 0) is 25.3 Å². The Morgan fingerprint density at radius 1 is 1.47 bits per heavy atom. The number of halogens is 1. The number of anilines is 1. The quantitative estimate of drug-likeness (QED) is 0.776. The fraction of sp³-hybridized carbons (Fsp3) is 0.333. The van der Waals surface area contributed by atoms with Gasteiger partial charge in [-0.3, -0.25) is 0 Å². The molecule has 1 atom stereocenters. The summed E-state index contributed by atoms with van der Waals surface area (Å²) in [5.74, 6) is -1.38. The first kappa shape index (κ1) is 15.3. The zero-order valence-corrected chi connectivity index (χ0v) is 11.4. The van der Waals surface area contributed by atoms with Crippen molar-refractivity contribution in [1.82, 2.24) is 5.32 Å². The van der Waals surface area contributed by atoms with Gasteiger partial charge in [0, 0.05) is 11.8 Å². The maximum absolute atomic E-state index is 13.5. The van der Waals surface area contributed by atoms with Crippen molar-refractivity contribution in [3.05, 3.63) is 29.6 Å². The number of amides is 2. The number of carbonyl (C=O) groups excluding carboxylic acids is 1. The maximum Gasteiger partial charge on any atom is 0.337 e. The molecule has 0 saturated heterocycles. The average Bonchev–Trinajstić information content (AvgIpc) is 2.31. The van der Waals surface area contributed by atoms with Gasteiger partial charge in [0.25, 0.3) is 0 Å². The van der Waals surface area contributed by atoms with Crippen molar-refractivity contribution in [2.75, 3.05) is 17.3 Å². The predicted octanol–water partition coefficient (Wildman–Crippen LogP) is 2.40. The molecule has 1 rings (SSSR count). The highest BCUT2D eigenvalue weighted by Crippen LogP contribution is 2.19. The van der Waals surface area contributed by atoms with Gasteiger partial charge in [-0.15, -0.1) is 0 Å². The van der Waals surface area contributed by atoms with E-state index >= 15 is 0 Å². The molecule has 0 aliphatic carbocycles. The summed E-state index contributed by atoms with van der Waals surface area (Å²) in [5.41, 5.74) is -0.614. The Bertz CT molecular complexity index is 482. The zero-order chi connectivity index (χ0) is 14.4. The van der Waals surface area contributed by atoms with Crippen LogP contribution in [0.3, 0.4) is 0 Å². The molecule has 0 radical (unpaired) electrons. The van der Waals surface area contributed by atoms with E-state index in [1.165, 1.54) is 12.1 Å². The molecule has 0 aliphatic heterocycles. The fourth-order valence-electron chi connectivity index (χ4n) is 1.49. The molecular formula is C12H15FN2O3S. The second-order valence-electron chi connectivity index (χ2n) is 3.92. The fourth-order valence-corrected chi connectivity index (χ4v) is 2.08. The largest absolute Gasteiger partial charge is 0.478 e. The van der Waals surface area contributed by atoms with Crippen molar-refractivity contribution < 1.29 is 19.1 Å². The molecule has 3 N–H and O–H groups in total. The number of carboxylic acid groups (broad SMARTS) is 1. The number of aromatic carboxylic acids is 1. The molecule has 1 aromatic rings. The summed E-state index contributed by atoms with van der Waals surface area (Å²) < 4.78 is 13.5. The van der Waals surface area contributed by atoms with Crippen LogP contribution < -0.4 is 10.6 Å². The Morgan fingerprint density at radius 3 is 2.74 bits per heavy atom. The van der Waals surface area contributed by atoms with Crippen LogP contribution in [-0.2, 0) is 0 Å². The molecule has 5 nitrogen and oxygen atoms in total. The van der Waals surface area contributed by atoms with Crippen molar-refractivity contribution in [3.63, 3.8) is 0 Å². The van der Waals surface area contributed by atoms with E-state index in [1.54, 1.807) is 18.7 Å². The molecule has 0 aromatic heterocycles. The van der Waals surface area contributed by atoms with Gasteiger partial charge in [0.1, 0.15) is 5.82 Å². The van der Waals surface area contributed by atoms with Gasteiger partial charge in [-0.2, -0.15) is 11.8 Å². The molecule has 0 saturated carbocycles. The monoisotopic (exact) mass is 286 g/mol. The van der Waals surface area contributed by atoms with Gasteiger partial charge in [-0.1, -0.05) is 6.07 Å². The number of hydrogen-bond acceptors (Lipinski definition) is 3. The molecule has 19 heavy (non-hydrogen) atoms. The number of nitrogens with one attached hydrogen (secondary N) is 2. The molecule has 104 valence electrons. The average molecular weight is 286 g/mol. The summed E-state index contributed by atoms with van der Waals surface area (Å²) in [6, 6.07) is 2.86. The first-order valence-electron chi connectivity index (χ1n) is 5.54. The lowest BCUT2D eigenvalue weighted by atomic mass is 10.1. The highest BCUT2D eigenvalue weighted by atomic mass is 32.2. The number of urea groups is 1. The normalized spacial score (nSPS) is 11.7. The van der Waals surface area contributed by atoms with Crippen LogP contribution in [-0.4, -0.2) is 35.2 Å². The van der Waals surface area contributed by atoms with E-state index in [4.69, 9.17) is 5.11 Å². The number of hydrogen-bond donors (Lipinski definition) is 3. The van der Waals surface area contributed by atoms with E-state index in [9.17, 15) is 14.0 Å². The number of para-hydroxylation sites is 1. The van der Waals surface area contributed by atoms with Crippen LogP contribution in [0.1, 0.15) is 17.3 Å². The van der Waals surface area contributed by atoms with E-state index in [0.29, 0.717) is 5.75 Å². The Labute approximate surface area is 114 Å². The van der Waals surface area contributed by atoms with Gasteiger partial charge < -0.3 is 15.7 Å². The predicted molar refractivity (Wildman–Crippen MR) is 73.4 cm³/mol. The summed E-state index contributed by atoms with van der Waals surface area (Å²) in [4.78, 5) is 22.6. The van der Waals surface area contributed by atoms with Crippen LogP contribution in [0, 0.1) is 5.82 Å². The highest BCUT2D eigenvalue weighted by molar-refractivity contribution is 7.98. The van der Waals surface area contributed by atoms with E-state index in [0.717, 1.165) is 6.07 Å². The van der Waals surface area contributed by atoms with Crippen LogP contribution in [0.4, 0.5) is 14.9 Å². The number of benzene rings is 1. The molecule has 0 spiro atoms. The van der Waals surface area contributed by atoms with E-state index in [-0.39, 0.29) is 17.3 Å². The molecule has 0 aliphatic rings. The summed E-state index contributed by atoms with van der Waals surface area (Å²) in [7, 11) is 0. The number of thioether (sulfide) groups is 1. The van der Waals surface area contributed by atoms with Crippen molar-refractivity contribution in [2.24, 2.45) is 0 Å². The van der Waals surface area contributed by atoms with E-state index < -0.39 is 17.8 Å².